The molecule has 0 fully saturated rings. The van der Waals surface area contributed by atoms with Crippen molar-refractivity contribution < 1.29 is 18.0 Å². The van der Waals surface area contributed by atoms with Gasteiger partial charge in [0.05, 0.1) is 11.1 Å². The Balaban J connectivity index is 3.40. The fourth-order valence-corrected chi connectivity index (χ4v) is 1.33. The number of alkyl halides is 3. The van der Waals surface area contributed by atoms with Gasteiger partial charge in [-0.25, -0.2) is 4.79 Å². The summed E-state index contributed by atoms with van der Waals surface area (Å²) in [5, 5.41) is 0. The number of halogens is 3. The van der Waals surface area contributed by atoms with Gasteiger partial charge < -0.3 is 0 Å². The van der Waals surface area contributed by atoms with Crippen molar-refractivity contribution in [1.29, 1.82) is 0 Å². The summed E-state index contributed by atoms with van der Waals surface area (Å²) in [6, 6.07) is 1.20. The number of isocyanates is 1. The number of hydrogen-bond donors (Lipinski definition) is 0. The third kappa shape index (κ3) is 2.46. The van der Waals surface area contributed by atoms with Crippen LogP contribution in [-0.2, 0) is 16.5 Å². The van der Waals surface area contributed by atoms with Crippen molar-refractivity contribution in [2.24, 2.45) is 4.99 Å². The molecule has 1 aromatic heterocycles. The first-order valence-electron chi connectivity index (χ1n) is 4.40. The molecular weight excluding hydrogens is 221 g/mol. The minimum Gasteiger partial charge on any atom is -0.264 e. The smallest absolute Gasteiger partial charge is 0.264 e. The van der Waals surface area contributed by atoms with Crippen molar-refractivity contribution in [3.63, 3.8) is 0 Å². The number of carbonyl (C=O) groups excluding carboxylic acids is 1. The van der Waals surface area contributed by atoms with Crippen LogP contribution in [0.1, 0.15) is 25.0 Å². The monoisotopic (exact) mass is 230 g/mol. The van der Waals surface area contributed by atoms with Gasteiger partial charge in [0, 0.05) is 12.4 Å². The number of rotatable bonds is 2. The Labute approximate surface area is 90.0 Å². The lowest BCUT2D eigenvalue weighted by Crippen LogP contribution is -2.21. The number of aromatic nitrogens is 1. The van der Waals surface area contributed by atoms with Crippen molar-refractivity contribution in [3.05, 3.63) is 29.6 Å². The van der Waals surface area contributed by atoms with E-state index in [9.17, 15) is 18.0 Å². The van der Waals surface area contributed by atoms with E-state index >= 15 is 0 Å². The summed E-state index contributed by atoms with van der Waals surface area (Å²) in [7, 11) is 0. The molecule has 0 saturated carbocycles. The molecule has 86 valence electrons. The second-order valence-corrected chi connectivity index (χ2v) is 3.68. The molecule has 0 aliphatic rings. The predicted octanol–water partition coefficient (Wildman–Crippen LogP) is 2.67. The summed E-state index contributed by atoms with van der Waals surface area (Å²) in [6.45, 7) is 2.81. The van der Waals surface area contributed by atoms with E-state index in [1.165, 1.54) is 32.2 Å². The standard InChI is InChI=1S/C10H9F3N2O/c1-9(2,15-6-16)7-3-4-14-5-8(7)10(11,12)13/h3-5H,1-2H3. The Hall–Kier alpha value is -1.68. The molecule has 0 saturated heterocycles. The van der Waals surface area contributed by atoms with Crippen LogP contribution < -0.4 is 0 Å². The number of hydrogen-bond acceptors (Lipinski definition) is 3. The molecule has 1 aromatic rings. The fourth-order valence-electron chi connectivity index (χ4n) is 1.33. The SMILES string of the molecule is CC(C)(N=C=O)c1ccncc1C(F)(F)F. The van der Waals surface area contributed by atoms with Crippen molar-refractivity contribution in [1.82, 2.24) is 4.98 Å². The number of pyridine rings is 1. The lowest BCUT2D eigenvalue weighted by molar-refractivity contribution is -0.139. The van der Waals surface area contributed by atoms with Crippen LogP contribution in [0, 0.1) is 0 Å². The van der Waals surface area contributed by atoms with Gasteiger partial charge in [-0.1, -0.05) is 0 Å². The zero-order valence-electron chi connectivity index (χ0n) is 8.67. The Morgan fingerprint density at radius 1 is 1.31 bits per heavy atom. The quantitative estimate of drug-likeness (QED) is 0.579. The van der Waals surface area contributed by atoms with E-state index < -0.39 is 17.3 Å². The van der Waals surface area contributed by atoms with Gasteiger partial charge in [0.1, 0.15) is 0 Å². The van der Waals surface area contributed by atoms with Crippen LogP contribution in [-0.4, -0.2) is 11.1 Å². The zero-order chi connectivity index (χ0) is 12.4. The highest BCUT2D eigenvalue weighted by molar-refractivity contribution is 5.39. The highest BCUT2D eigenvalue weighted by atomic mass is 19.4. The van der Waals surface area contributed by atoms with E-state index in [-0.39, 0.29) is 5.56 Å². The molecule has 1 heterocycles. The zero-order valence-corrected chi connectivity index (χ0v) is 8.67. The third-order valence-corrected chi connectivity index (χ3v) is 2.11. The molecule has 3 nitrogen and oxygen atoms in total. The predicted molar refractivity (Wildman–Crippen MR) is 50.4 cm³/mol. The molecule has 0 aromatic carbocycles. The third-order valence-electron chi connectivity index (χ3n) is 2.11. The summed E-state index contributed by atoms with van der Waals surface area (Å²) in [5.74, 6) is 0. The summed E-state index contributed by atoms with van der Waals surface area (Å²) in [5.41, 5.74) is -2.26. The average Bonchev–Trinajstić information content (AvgIpc) is 2.16. The van der Waals surface area contributed by atoms with Gasteiger partial charge in [0.15, 0.2) is 0 Å². The largest absolute Gasteiger partial charge is 0.418 e. The Morgan fingerprint density at radius 3 is 2.44 bits per heavy atom. The van der Waals surface area contributed by atoms with Crippen LogP contribution in [0.15, 0.2) is 23.5 Å². The van der Waals surface area contributed by atoms with Gasteiger partial charge in [-0.2, -0.15) is 18.2 Å². The van der Waals surface area contributed by atoms with Crippen molar-refractivity contribution in [2.75, 3.05) is 0 Å². The molecule has 0 amide bonds. The second-order valence-electron chi connectivity index (χ2n) is 3.68. The molecular formula is C10H9F3N2O. The summed E-state index contributed by atoms with van der Waals surface area (Å²) in [4.78, 5) is 17.0. The van der Waals surface area contributed by atoms with E-state index in [1.807, 2.05) is 0 Å². The molecule has 0 radical (unpaired) electrons. The maximum atomic E-state index is 12.6. The van der Waals surface area contributed by atoms with Crippen LogP contribution in [0.4, 0.5) is 13.2 Å². The Bertz CT molecular complexity index is 434. The van der Waals surface area contributed by atoms with Crippen LogP contribution >= 0.6 is 0 Å². The highest BCUT2D eigenvalue weighted by Gasteiger charge is 2.37. The van der Waals surface area contributed by atoms with Gasteiger partial charge in [-0.05, 0) is 25.5 Å². The van der Waals surface area contributed by atoms with Gasteiger partial charge in [-0.3, -0.25) is 4.98 Å². The second kappa shape index (κ2) is 4.06. The number of nitrogens with zero attached hydrogens (tertiary/aromatic N) is 2. The van der Waals surface area contributed by atoms with Gasteiger partial charge >= 0.3 is 6.18 Å². The van der Waals surface area contributed by atoms with E-state index in [1.54, 1.807) is 0 Å². The average molecular weight is 230 g/mol. The minimum atomic E-state index is -4.51. The van der Waals surface area contributed by atoms with E-state index in [2.05, 4.69) is 9.98 Å². The van der Waals surface area contributed by atoms with Gasteiger partial charge in [0.25, 0.3) is 0 Å². The molecule has 0 aliphatic carbocycles. The maximum Gasteiger partial charge on any atom is 0.418 e. The minimum absolute atomic E-state index is 0.0987. The fraction of sp³-hybridized carbons (Fsp3) is 0.400. The van der Waals surface area contributed by atoms with Crippen LogP contribution in [0.3, 0.4) is 0 Å². The molecule has 0 bridgehead atoms. The molecule has 0 atom stereocenters. The first kappa shape index (κ1) is 12.4. The number of aliphatic imine (C=N–C) groups is 1. The summed E-state index contributed by atoms with van der Waals surface area (Å²) >= 11 is 0. The lowest BCUT2D eigenvalue weighted by atomic mass is 9.92. The molecule has 0 spiro atoms. The first-order chi connectivity index (χ1) is 7.29. The van der Waals surface area contributed by atoms with E-state index in [4.69, 9.17) is 0 Å². The van der Waals surface area contributed by atoms with Crippen LogP contribution in [0.25, 0.3) is 0 Å². The van der Waals surface area contributed by atoms with Crippen LogP contribution in [0.5, 0.6) is 0 Å². The highest BCUT2D eigenvalue weighted by Crippen LogP contribution is 2.37. The summed E-state index contributed by atoms with van der Waals surface area (Å²) in [6.07, 6.45) is -1.29. The van der Waals surface area contributed by atoms with E-state index in [0.29, 0.717) is 0 Å². The maximum absolute atomic E-state index is 12.6. The van der Waals surface area contributed by atoms with E-state index in [0.717, 1.165) is 6.20 Å². The van der Waals surface area contributed by atoms with Crippen molar-refractivity contribution in [2.45, 2.75) is 25.6 Å². The Morgan fingerprint density at radius 2 is 1.94 bits per heavy atom. The Kier molecular flexibility index (Phi) is 3.14. The first-order valence-corrected chi connectivity index (χ1v) is 4.40. The van der Waals surface area contributed by atoms with Crippen molar-refractivity contribution >= 4 is 6.08 Å². The molecule has 1 rings (SSSR count). The summed E-state index contributed by atoms with van der Waals surface area (Å²) < 4.78 is 37.9. The van der Waals surface area contributed by atoms with Crippen LogP contribution in [0.2, 0.25) is 0 Å². The molecule has 0 unspecified atom stereocenters. The molecule has 6 heteroatoms. The van der Waals surface area contributed by atoms with Gasteiger partial charge in [0.2, 0.25) is 6.08 Å². The molecule has 0 N–H and O–H groups in total. The van der Waals surface area contributed by atoms with Crippen molar-refractivity contribution in [3.8, 4) is 0 Å². The van der Waals surface area contributed by atoms with Gasteiger partial charge in [-0.15, -0.1) is 0 Å². The topological polar surface area (TPSA) is 42.3 Å². The normalized spacial score (nSPS) is 12.1. The lowest BCUT2D eigenvalue weighted by Gasteiger charge is -2.22. The molecule has 16 heavy (non-hydrogen) atoms. The molecule has 0 aliphatic heterocycles.